The monoisotopic (exact) mass is 470 g/mol. The summed E-state index contributed by atoms with van der Waals surface area (Å²) >= 11 is 5.76. The molecule has 2 rings (SSSR count). The summed E-state index contributed by atoms with van der Waals surface area (Å²) in [5.41, 5.74) is -3.14. The Morgan fingerprint density at radius 3 is 2.03 bits per heavy atom. The standard InChI is InChI=1S/C15H11ClF3N2O8P/c1-27-30(26,28-2)13-7-9(3-4-11(13)20(22)23)29-14-10(16)5-8(15(17,18)19)6-12(14)21(24)25/h3-7H,1-2H3. The number of nitrogens with zero attached hydrogens (tertiary/aromatic N) is 2. The molecule has 10 nitrogen and oxygen atoms in total. The second kappa shape index (κ2) is 8.56. The fourth-order valence-corrected chi connectivity index (χ4v) is 3.83. The number of nitro benzene ring substituents is 2. The highest BCUT2D eigenvalue weighted by molar-refractivity contribution is 7.62. The van der Waals surface area contributed by atoms with E-state index in [4.69, 9.17) is 25.4 Å². The molecular formula is C15H11ClF3N2O8P. The summed E-state index contributed by atoms with van der Waals surface area (Å²) < 4.78 is 66.0. The minimum Gasteiger partial charge on any atom is -0.448 e. The van der Waals surface area contributed by atoms with Crippen molar-refractivity contribution < 1.29 is 41.4 Å². The van der Waals surface area contributed by atoms with Crippen LogP contribution in [0.3, 0.4) is 0 Å². The zero-order chi connectivity index (χ0) is 22.9. The Balaban J connectivity index is 2.65. The molecule has 2 aromatic rings. The Labute approximate surface area is 170 Å². The lowest BCUT2D eigenvalue weighted by Gasteiger charge is -2.16. The van der Waals surface area contributed by atoms with Crippen molar-refractivity contribution in [2.45, 2.75) is 6.18 Å². The summed E-state index contributed by atoms with van der Waals surface area (Å²) in [5.74, 6) is -1.10. The number of nitro groups is 2. The maximum Gasteiger partial charge on any atom is 0.416 e. The van der Waals surface area contributed by atoms with Gasteiger partial charge in [0.05, 0.1) is 20.4 Å². The Kier molecular flexibility index (Phi) is 6.72. The zero-order valence-corrected chi connectivity index (χ0v) is 16.7. The van der Waals surface area contributed by atoms with Gasteiger partial charge in [-0.05, 0) is 12.1 Å². The van der Waals surface area contributed by atoms with Crippen LogP contribution in [0.5, 0.6) is 11.5 Å². The molecular weight excluding hydrogens is 460 g/mol. The Bertz CT molecular complexity index is 1050. The molecule has 162 valence electrons. The molecule has 0 radical (unpaired) electrons. The number of rotatable bonds is 7. The van der Waals surface area contributed by atoms with E-state index in [0.717, 1.165) is 32.4 Å². The van der Waals surface area contributed by atoms with Gasteiger partial charge in [0.15, 0.2) is 0 Å². The van der Waals surface area contributed by atoms with Gasteiger partial charge in [-0.25, -0.2) is 0 Å². The van der Waals surface area contributed by atoms with E-state index in [-0.39, 0.29) is 11.8 Å². The van der Waals surface area contributed by atoms with Crippen molar-refractivity contribution in [3.63, 3.8) is 0 Å². The molecule has 0 aromatic heterocycles. The Hall–Kier alpha value is -2.73. The minimum absolute atomic E-state index is 0.225. The highest BCUT2D eigenvalue weighted by Gasteiger charge is 2.36. The molecule has 0 spiro atoms. The maximum atomic E-state index is 12.9. The lowest BCUT2D eigenvalue weighted by molar-refractivity contribution is -0.385. The van der Waals surface area contributed by atoms with Gasteiger partial charge in [0.2, 0.25) is 5.75 Å². The topological polar surface area (TPSA) is 131 Å². The molecule has 0 aliphatic carbocycles. The summed E-state index contributed by atoms with van der Waals surface area (Å²) in [5, 5.41) is 21.2. The lowest BCUT2D eigenvalue weighted by Crippen LogP contribution is -2.13. The molecule has 15 heteroatoms. The van der Waals surface area contributed by atoms with Crippen LogP contribution in [0.4, 0.5) is 24.5 Å². The first-order valence-corrected chi connectivity index (χ1v) is 9.49. The highest BCUT2D eigenvalue weighted by atomic mass is 35.5. The van der Waals surface area contributed by atoms with E-state index in [0.29, 0.717) is 6.07 Å². The SMILES string of the molecule is COP(=O)(OC)c1cc(Oc2c(Cl)cc(C(F)(F)F)cc2[N+](=O)[O-])ccc1[N+](=O)[O-]. The van der Waals surface area contributed by atoms with E-state index < -0.39 is 56.6 Å². The minimum atomic E-state index is -4.91. The van der Waals surface area contributed by atoms with Gasteiger partial charge < -0.3 is 13.8 Å². The number of hydrogen-bond acceptors (Lipinski definition) is 8. The molecule has 2 aromatic carbocycles. The predicted molar refractivity (Wildman–Crippen MR) is 97.5 cm³/mol. The van der Waals surface area contributed by atoms with Gasteiger partial charge in [-0.1, -0.05) is 11.6 Å². The van der Waals surface area contributed by atoms with E-state index >= 15 is 0 Å². The van der Waals surface area contributed by atoms with Crippen LogP contribution >= 0.6 is 19.2 Å². The third-order valence-electron chi connectivity index (χ3n) is 3.69. The van der Waals surface area contributed by atoms with Gasteiger partial charge in [-0.15, -0.1) is 0 Å². The van der Waals surface area contributed by atoms with E-state index in [1.54, 1.807) is 0 Å². The third-order valence-corrected chi connectivity index (χ3v) is 5.88. The van der Waals surface area contributed by atoms with E-state index in [1.165, 1.54) is 0 Å². The van der Waals surface area contributed by atoms with Crippen molar-refractivity contribution >= 4 is 35.9 Å². The van der Waals surface area contributed by atoms with Crippen molar-refractivity contribution in [3.05, 3.63) is 61.1 Å². The van der Waals surface area contributed by atoms with E-state index in [1.807, 2.05) is 0 Å². The number of halogens is 4. The smallest absolute Gasteiger partial charge is 0.416 e. The third kappa shape index (κ3) is 4.70. The van der Waals surface area contributed by atoms with Crippen LogP contribution < -0.4 is 10.0 Å². The molecule has 0 unspecified atom stereocenters. The molecule has 0 heterocycles. The van der Waals surface area contributed by atoms with E-state index in [9.17, 15) is 38.0 Å². The summed E-state index contributed by atoms with van der Waals surface area (Å²) in [6, 6.07) is 3.34. The summed E-state index contributed by atoms with van der Waals surface area (Å²) in [6.45, 7) is 0. The Morgan fingerprint density at radius 1 is 1.00 bits per heavy atom. The van der Waals surface area contributed by atoms with Gasteiger partial charge >= 0.3 is 19.5 Å². The average Bonchev–Trinajstić information content (AvgIpc) is 2.67. The van der Waals surface area contributed by atoms with Crippen LogP contribution in [0.2, 0.25) is 5.02 Å². The zero-order valence-electron chi connectivity index (χ0n) is 15.0. The average molecular weight is 471 g/mol. The van der Waals surface area contributed by atoms with Crippen LogP contribution in [0.15, 0.2) is 30.3 Å². The predicted octanol–water partition coefficient (Wildman–Crippen LogP) is 5.08. The van der Waals surface area contributed by atoms with Crippen LogP contribution in [-0.4, -0.2) is 24.1 Å². The van der Waals surface area contributed by atoms with Crippen molar-refractivity contribution in [1.29, 1.82) is 0 Å². The fraction of sp³-hybridized carbons (Fsp3) is 0.200. The second-order valence-electron chi connectivity index (χ2n) is 5.43. The van der Waals surface area contributed by atoms with Gasteiger partial charge in [0.1, 0.15) is 11.1 Å². The van der Waals surface area contributed by atoms with Gasteiger partial charge in [-0.2, -0.15) is 13.2 Å². The highest BCUT2D eigenvalue weighted by Crippen LogP contribution is 2.49. The number of alkyl halides is 3. The lowest BCUT2D eigenvalue weighted by atomic mass is 10.1. The van der Waals surface area contributed by atoms with Crippen LogP contribution in [0.25, 0.3) is 0 Å². The first kappa shape index (κ1) is 23.5. The quantitative estimate of drug-likeness (QED) is 0.311. The van der Waals surface area contributed by atoms with E-state index in [2.05, 4.69) is 0 Å². The van der Waals surface area contributed by atoms with Crippen molar-refractivity contribution in [2.24, 2.45) is 0 Å². The largest absolute Gasteiger partial charge is 0.448 e. The van der Waals surface area contributed by atoms with Crippen molar-refractivity contribution in [1.82, 2.24) is 0 Å². The molecule has 0 aliphatic rings. The molecule has 0 fully saturated rings. The first-order chi connectivity index (χ1) is 13.8. The summed E-state index contributed by atoms with van der Waals surface area (Å²) in [7, 11) is -2.22. The summed E-state index contributed by atoms with van der Waals surface area (Å²) in [6.07, 6.45) is -4.91. The first-order valence-electron chi connectivity index (χ1n) is 7.57. The number of hydrogen-bond donors (Lipinski definition) is 0. The maximum absolute atomic E-state index is 12.9. The molecule has 0 saturated carbocycles. The normalized spacial score (nSPS) is 11.9. The summed E-state index contributed by atoms with van der Waals surface area (Å²) in [4.78, 5) is 20.4. The molecule has 30 heavy (non-hydrogen) atoms. The van der Waals surface area contributed by atoms with Crippen LogP contribution in [0, 0.1) is 20.2 Å². The molecule has 0 aliphatic heterocycles. The molecule has 0 bridgehead atoms. The van der Waals surface area contributed by atoms with Gasteiger partial charge in [-0.3, -0.25) is 24.8 Å². The fourth-order valence-electron chi connectivity index (χ4n) is 2.31. The van der Waals surface area contributed by atoms with Crippen LogP contribution in [-0.2, 0) is 19.8 Å². The number of ether oxygens (including phenoxy) is 1. The van der Waals surface area contributed by atoms with Crippen molar-refractivity contribution in [3.8, 4) is 11.5 Å². The van der Waals surface area contributed by atoms with Crippen LogP contribution in [0.1, 0.15) is 5.56 Å². The Morgan fingerprint density at radius 2 is 1.57 bits per heavy atom. The van der Waals surface area contributed by atoms with Gasteiger partial charge in [0, 0.05) is 32.4 Å². The molecule has 0 N–H and O–H groups in total. The molecule has 0 atom stereocenters. The molecule has 0 amide bonds. The number of benzene rings is 2. The van der Waals surface area contributed by atoms with Gasteiger partial charge in [0.25, 0.3) is 5.69 Å². The van der Waals surface area contributed by atoms with Crippen molar-refractivity contribution in [2.75, 3.05) is 14.2 Å². The molecule has 0 saturated heterocycles. The second-order valence-corrected chi connectivity index (χ2v) is 8.05.